The van der Waals surface area contributed by atoms with Crippen LogP contribution in [-0.4, -0.2) is 16.9 Å². The fourth-order valence-corrected chi connectivity index (χ4v) is 2.54. The Morgan fingerprint density at radius 3 is 2.50 bits per heavy atom. The Kier molecular flexibility index (Phi) is 2.95. The third-order valence-electron chi connectivity index (χ3n) is 3.46. The molecule has 0 saturated carbocycles. The highest BCUT2D eigenvalue weighted by Gasteiger charge is 2.18. The summed E-state index contributed by atoms with van der Waals surface area (Å²) in [6.45, 7) is 0. The Labute approximate surface area is 116 Å². The second-order valence-electron chi connectivity index (χ2n) is 4.74. The Morgan fingerprint density at radius 1 is 0.950 bits per heavy atom. The monoisotopic (exact) mass is 264 g/mol. The molecule has 20 heavy (non-hydrogen) atoms. The number of fused-ring (bicyclic) bond motifs is 3. The van der Waals surface area contributed by atoms with Gasteiger partial charge in [-0.2, -0.15) is 0 Å². The van der Waals surface area contributed by atoms with E-state index in [1.54, 1.807) is 6.07 Å². The van der Waals surface area contributed by atoms with E-state index >= 15 is 0 Å². The summed E-state index contributed by atoms with van der Waals surface area (Å²) in [5.41, 5.74) is 5.25. The largest absolute Gasteiger partial charge is 0.478 e. The van der Waals surface area contributed by atoms with Crippen LogP contribution in [0.15, 0.2) is 54.6 Å². The van der Waals surface area contributed by atoms with Gasteiger partial charge in [-0.1, -0.05) is 36.4 Å². The number of allylic oxidation sites excluding steroid dienone is 1. The van der Waals surface area contributed by atoms with Crippen molar-refractivity contribution in [2.45, 2.75) is 6.42 Å². The molecule has 0 heterocycles. The number of ketones is 1. The first-order chi connectivity index (χ1) is 9.65. The standard InChI is InChI=1S/C17H12O3/c18-16(7-8-17(19)20)12-5-6-15-13(10-12)9-11-3-1-2-4-14(11)15/h1-8,10H,9H2,(H,19,20)/b8-7+. The molecule has 0 spiro atoms. The summed E-state index contributed by atoms with van der Waals surface area (Å²) in [4.78, 5) is 22.3. The number of carboxylic acid groups (broad SMARTS) is 1. The van der Waals surface area contributed by atoms with E-state index in [-0.39, 0.29) is 5.78 Å². The summed E-state index contributed by atoms with van der Waals surface area (Å²) < 4.78 is 0. The lowest BCUT2D eigenvalue weighted by molar-refractivity contribution is -0.131. The van der Waals surface area contributed by atoms with Crippen LogP contribution in [0.2, 0.25) is 0 Å². The smallest absolute Gasteiger partial charge is 0.328 e. The molecule has 0 amide bonds. The molecule has 3 heteroatoms. The second kappa shape index (κ2) is 4.78. The van der Waals surface area contributed by atoms with Gasteiger partial charge in [0.2, 0.25) is 0 Å². The van der Waals surface area contributed by atoms with Gasteiger partial charge in [0, 0.05) is 11.6 Å². The van der Waals surface area contributed by atoms with E-state index in [1.165, 1.54) is 11.1 Å². The van der Waals surface area contributed by atoms with Gasteiger partial charge in [-0.05, 0) is 40.8 Å². The fraction of sp³-hybridized carbons (Fsp3) is 0.0588. The summed E-state index contributed by atoms with van der Waals surface area (Å²) in [6, 6.07) is 13.7. The van der Waals surface area contributed by atoms with Crippen molar-refractivity contribution in [2.75, 3.05) is 0 Å². The van der Waals surface area contributed by atoms with Gasteiger partial charge in [0.1, 0.15) is 0 Å². The van der Waals surface area contributed by atoms with Crippen molar-refractivity contribution >= 4 is 11.8 Å². The number of hydrogen-bond acceptors (Lipinski definition) is 2. The maximum atomic E-state index is 11.9. The van der Waals surface area contributed by atoms with E-state index in [2.05, 4.69) is 12.1 Å². The predicted octanol–water partition coefficient (Wildman–Crippen LogP) is 3.08. The molecule has 0 unspecified atom stereocenters. The zero-order chi connectivity index (χ0) is 14.1. The molecular formula is C17H12O3. The summed E-state index contributed by atoms with van der Waals surface area (Å²) in [5, 5.41) is 8.54. The lowest BCUT2D eigenvalue weighted by Gasteiger charge is -2.02. The first-order valence-electron chi connectivity index (χ1n) is 6.32. The maximum absolute atomic E-state index is 11.9. The molecule has 98 valence electrons. The summed E-state index contributed by atoms with van der Waals surface area (Å²) >= 11 is 0. The number of carbonyl (C=O) groups excluding carboxylic acids is 1. The fourth-order valence-electron chi connectivity index (χ4n) is 2.54. The number of carbonyl (C=O) groups is 2. The van der Waals surface area contributed by atoms with Crippen molar-refractivity contribution in [3.05, 3.63) is 71.3 Å². The molecule has 0 atom stereocenters. The molecule has 2 aromatic carbocycles. The lowest BCUT2D eigenvalue weighted by Crippen LogP contribution is -1.97. The van der Waals surface area contributed by atoms with Crippen LogP contribution in [0.4, 0.5) is 0 Å². The van der Waals surface area contributed by atoms with Gasteiger partial charge in [-0.15, -0.1) is 0 Å². The van der Waals surface area contributed by atoms with Crippen molar-refractivity contribution < 1.29 is 14.7 Å². The first-order valence-corrected chi connectivity index (χ1v) is 6.32. The van der Waals surface area contributed by atoms with E-state index < -0.39 is 5.97 Å². The van der Waals surface area contributed by atoms with Gasteiger partial charge in [-0.3, -0.25) is 4.79 Å². The number of hydrogen-bond donors (Lipinski definition) is 1. The minimum atomic E-state index is -1.12. The second-order valence-corrected chi connectivity index (χ2v) is 4.74. The van der Waals surface area contributed by atoms with Gasteiger partial charge in [0.15, 0.2) is 5.78 Å². The molecule has 2 aromatic rings. The molecule has 0 aromatic heterocycles. The molecule has 0 bridgehead atoms. The molecule has 1 aliphatic carbocycles. The average Bonchev–Trinajstić information content (AvgIpc) is 2.82. The first kappa shape index (κ1) is 12.4. The maximum Gasteiger partial charge on any atom is 0.328 e. The van der Waals surface area contributed by atoms with E-state index in [0.717, 1.165) is 29.7 Å². The highest BCUT2D eigenvalue weighted by Crippen LogP contribution is 2.36. The molecule has 1 N–H and O–H groups in total. The van der Waals surface area contributed by atoms with Crippen LogP contribution < -0.4 is 0 Å². The molecule has 1 aliphatic rings. The Bertz CT molecular complexity index is 742. The highest BCUT2D eigenvalue weighted by atomic mass is 16.4. The van der Waals surface area contributed by atoms with Crippen molar-refractivity contribution in [1.29, 1.82) is 0 Å². The number of rotatable bonds is 3. The van der Waals surface area contributed by atoms with Crippen molar-refractivity contribution in [1.82, 2.24) is 0 Å². The van der Waals surface area contributed by atoms with Crippen molar-refractivity contribution in [3.8, 4) is 11.1 Å². The van der Waals surface area contributed by atoms with Gasteiger partial charge in [0.25, 0.3) is 0 Å². The normalized spacial score (nSPS) is 12.2. The van der Waals surface area contributed by atoms with Crippen LogP contribution in [0.5, 0.6) is 0 Å². The van der Waals surface area contributed by atoms with Gasteiger partial charge in [-0.25, -0.2) is 4.79 Å². The zero-order valence-corrected chi connectivity index (χ0v) is 10.7. The van der Waals surface area contributed by atoms with Crippen LogP contribution in [-0.2, 0) is 11.2 Å². The van der Waals surface area contributed by atoms with Crippen LogP contribution >= 0.6 is 0 Å². The van der Waals surface area contributed by atoms with Gasteiger partial charge in [0.05, 0.1) is 0 Å². The van der Waals surface area contributed by atoms with E-state index in [9.17, 15) is 9.59 Å². The predicted molar refractivity (Wildman–Crippen MR) is 75.8 cm³/mol. The minimum Gasteiger partial charge on any atom is -0.478 e. The molecule has 0 aliphatic heterocycles. The van der Waals surface area contributed by atoms with E-state index in [1.807, 2.05) is 24.3 Å². The van der Waals surface area contributed by atoms with Gasteiger partial charge < -0.3 is 5.11 Å². The SMILES string of the molecule is O=C(O)/C=C/C(=O)c1ccc2c(c1)Cc1ccccc1-2. The minimum absolute atomic E-state index is 0.286. The molecule has 0 saturated heterocycles. The van der Waals surface area contributed by atoms with Gasteiger partial charge >= 0.3 is 5.97 Å². The average molecular weight is 264 g/mol. The molecule has 0 radical (unpaired) electrons. The third-order valence-corrected chi connectivity index (χ3v) is 3.46. The van der Waals surface area contributed by atoms with Crippen molar-refractivity contribution in [3.63, 3.8) is 0 Å². The highest BCUT2D eigenvalue weighted by molar-refractivity contribution is 6.07. The number of benzene rings is 2. The lowest BCUT2D eigenvalue weighted by atomic mass is 10.0. The number of carboxylic acids is 1. The van der Waals surface area contributed by atoms with Crippen LogP contribution in [0.25, 0.3) is 11.1 Å². The van der Waals surface area contributed by atoms with Crippen LogP contribution in [0.3, 0.4) is 0 Å². The van der Waals surface area contributed by atoms with Crippen LogP contribution in [0.1, 0.15) is 21.5 Å². The topological polar surface area (TPSA) is 54.4 Å². The third kappa shape index (κ3) is 2.14. The van der Waals surface area contributed by atoms with Crippen molar-refractivity contribution in [2.24, 2.45) is 0 Å². The molecule has 3 rings (SSSR count). The number of aliphatic carboxylic acids is 1. The summed E-state index contributed by atoms with van der Waals surface area (Å²) in [6.07, 6.45) is 2.77. The van der Waals surface area contributed by atoms with E-state index in [0.29, 0.717) is 5.56 Å². The van der Waals surface area contributed by atoms with E-state index in [4.69, 9.17) is 5.11 Å². The zero-order valence-electron chi connectivity index (χ0n) is 10.7. The Hall–Kier alpha value is -2.68. The summed E-state index contributed by atoms with van der Waals surface area (Å²) in [5.74, 6) is -1.40. The van der Waals surface area contributed by atoms with Crippen LogP contribution in [0, 0.1) is 0 Å². The Morgan fingerprint density at radius 2 is 1.70 bits per heavy atom. The quantitative estimate of drug-likeness (QED) is 0.584. The Balaban J connectivity index is 1.95. The molecular weight excluding hydrogens is 252 g/mol. The summed E-state index contributed by atoms with van der Waals surface area (Å²) in [7, 11) is 0. The molecule has 3 nitrogen and oxygen atoms in total. The molecule has 0 fully saturated rings.